The van der Waals surface area contributed by atoms with Gasteiger partial charge in [-0.25, -0.2) is 19.6 Å². The van der Waals surface area contributed by atoms with Gasteiger partial charge in [0.15, 0.2) is 0 Å². The van der Waals surface area contributed by atoms with Crippen LogP contribution in [0.1, 0.15) is 33.3 Å². The van der Waals surface area contributed by atoms with Gasteiger partial charge in [0.1, 0.15) is 30.6 Å². The number of hydrogen-bond donors (Lipinski definition) is 1. The number of rotatable bonds is 8. The van der Waals surface area contributed by atoms with E-state index in [4.69, 9.17) is 4.74 Å². The normalized spacial score (nSPS) is 12.2. The molecular formula is C24H27N9O. The number of ether oxygens (including phenoxy) is 1. The highest BCUT2D eigenvalue weighted by molar-refractivity contribution is 5.66. The van der Waals surface area contributed by atoms with E-state index in [0.717, 1.165) is 23.4 Å². The Morgan fingerprint density at radius 1 is 1.09 bits per heavy atom. The molecule has 3 aromatic heterocycles. The van der Waals surface area contributed by atoms with E-state index in [2.05, 4.69) is 57.3 Å². The summed E-state index contributed by atoms with van der Waals surface area (Å²) in [5.41, 5.74) is 3.09. The first-order chi connectivity index (χ1) is 16.3. The molecule has 0 saturated carbocycles. The highest BCUT2D eigenvalue weighted by Gasteiger charge is 2.14. The molecule has 10 nitrogen and oxygen atoms in total. The van der Waals surface area contributed by atoms with Gasteiger partial charge in [0.2, 0.25) is 5.95 Å². The van der Waals surface area contributed by atoms with Gasteiger partial charge < -0.3 is 10.1 Å². The molecule has 0 aliphatic rings. The quantitative estimate of drug-likeness (QED) is 0.421. The van der Waals surface area contributed by atoms with Crippen LogP contribution in [0.15, 0.2) is 55.6 Å². The topological polar surface area (TPSA) is 119 Å². The maximum Gasteiger partial charge on any atom is 0.227 e. The first-order valence-electron chi connectivity index (χ1n) is 10.9. The summed E-state index contributed by atoms with van der Waals surface area (Å²) in [6.45, 7) is 9.76. The number of aromatic nitrogens is 7. The Morgan fingerprint density at radius 3 is 2.56 bits per heavy atom. The van der Waals surface area contributed by atoms with E-state index in [9.17, 15) is 5.26 Å². The fourth-order valence-electron chi connectivity index (χ4n) is 3.41. The molecule has 174 valence electrons. The molecule has 1 aromatic carbocycles. The van der Waals surface area contributed by atoms with Gasteiger partial charge in [-0.05, 0) is 30.0 Å². The Bertz CT molecular complexity index is 1270. The average molecular weight is 458 g/mol. The lowest BCUT2D eigenvalue weighted by molar-refractivity contribution is 0.193. The van der Waals surface area contributed by atoms with Crippen molar-refractivity contribution in [3.63, 3.8) is 0 Å². The molecule has 10 heteroatoms. The van der Waals surface area contributed by atoms with E-state index >= 15 is 0 Å². The van der Waals surface area contributed by atoms with E-state index in [1.807, 2.05) is 29.9 Å². The Kier molecular flexibility index (Phi) is 6.54. The second-order valence-electron chi connectivity index (χ2n) is 9.28. The third-order valence-corrected chi connectivity index (χ3v) is 4.85. The van der Waals surface area contributed by atoms with Gasteiger partial charge in [-0.15, -0.1) is 0 Å². The van der Waals surface area contributed by atoms with Gasteiger partial charge in [-0.3, -0.25) is 4.68 Å². The van der Waals surface area contributed by atoms with Gasteiger partial charge in [0.05, 0.1) is 24.0 Å². The number of nitrogens with zero attached hydrogens (tertiary/aromatic N) is 8. The van der Waals surface area contributed by atoms with Crippen molar-refractivity contribution >= 4 is 11.6 Å². The third-order valence-electron chi connectivity index (χ3n) is 4.85. The Balaban J connectivity index is 1.46. The number of benzene rings is 1. The van der Waals surface area contributed by atoms with Crippen molar-refractivity contribution in [3.8, 4) is 22.9 Å². The van der Waals surface area contributed by atoms with Crippen LogP contribution in [0.3, 0.4) is 0 Å². The van der Waals surface area contributed by atoms with Crippen LogP contribution in [0.2, 0.25) is 0 Å². The molecule has 3 heterocycles. The molecular weight excluding hydrogens is 430 g/mol. The molecule has 0 aliphatic carbocycles. The van der Waals surface area contributed by atoms with E-state index in [-0.39, 0.29) is 11.5 Å². The lowest BCUT2D eigenvalue weighted by atomic mass is 9.97. The summed E-state index contributed by atoms with van der Waals surface area (Å²) in [6, 6.07) is 7.61. The Hall–Kier alpha value is -4.26. The predicted octanol–water partition coefficient (Wildman–Crippen LogP) is 4.06. The van der Waals surface area contributed by atoms with Crippen molar-refractivity contribution in [3.05, 3.63) is 61.2 Å². The van der Waals surface area contributed by atoms with Crippen LogP contribution >= 0.6 is 0 Å². The molecule has 1 atom stereocenters. The monoisotopic (exact) mass is 457 g/mol. The number of nitrogens with one attached hydrogen (secondary N) is 1. The molecule has 1 N–H and O–H groups in total. The third kappa shape index (κ3) is 5.95. The molecule has 0 spiro atoms. The first kappa shape index (κ1) is 22.9. The van der Waals surface area contributed by atoms with E-state index in [0.29, 0.717) is 23.8 Å². The fourth-order valence-corrected chi connectivity index (χ4v) is 3.41. The zero-order valence-corrected chi connectivity index (χ0v) is 19.7. The zero-order chi connectivity index (χ0) is 24.1. The summed E-state index contributed by atoms with van der Waals surface area (Å²) in [5.74, 6) is 0.978. The zero-order valence-electron chi connectivity index (χ0n) is 19.7. The van der Waals surface area contributed by atoms with Crippen molar-refractivity contribution < 1.29 is 4.74 Å². The van der Waals surface area contributed by atoms with Crippen molar-refractivity contribution in [2.45, 2.75) is 46.9 Å². The van der Waals surface area contributed by atoms with Crippen LogP contribution < -0.4 is 10.1 Å². The summed E-state index contributed by atoms with van der Waals surface area (Å²) in [6.07, 6.45) is 10.1. The number of anilines is 2. The maximum atomic E-state index is 9.49. The fraction of sp³-hybridized carbons (Fsp3) is 0.333. The molecule has 0 aliphatic heterocycles. The lowest BCUT2D eigenvalue weighted by Gasteiger charge is -2.17. The van der Waals surface area contributed by atoms with Crippen molar-refractivity contribution in [1.29, 1.82) is 5.26 Å². The molecule has 0 unspecified atom stereocenters. The predicted molar refractivity (Wildman–Crippen MR) is 127 cm³/mol. The summed E-state index contributed by atoms with van der Waals surface area (Å²) in [7, 11) is 0. The van der Waals surface area contributed by atoms with Crippen LogP contribution in [0.5, 0.6) is 5.75 Å². The minimum Gasteiger partial charge on any atom is -0.487 e. The Morgan fingerprint density at radius 2 is 1.88 bits per heavy atom. The molecule has 0 fully saturated rings. The summed E-state index contributed by atoms with van der Waals surface area (Å²) in [5, 5.41) is 21.1. The highest BCUT2D eigenvalue weighted by Crippen LogP contribution is 2.28. The van der Waals surface area contributed by atoms with E-state index in [1.54, 1.807) is 35.7 Å². The molecule has 0 radical (unpaired) electrons. The minimum atomic E-state index is -0.203. The van der Waals surface area contributed by atoms with E-state index < -0.39 is 0 Å². The van der Waals surface area contributed by atoms with Crippen LogP contribution in [-0.4, -0.2) is 40.6 Å². The average Bonchev–Trinajstić information content (AvgIpc) is 3.45. The molecule has 34 heavy (non-hydrogen) atoms. The van der Waals surface area contributed by atoms with Crippen molar-refractivity contribution in [1.82, 2.24) is 34.5 Å². The SMILES string of the molecule is C[C@@H](Cn1cncn1)Oc1cc(-c2cnc(Nc3cnn(CC(C)(C)C)c3)nc2)ccc1C#N. The summed E-state index contributed by atoms with van der Waals surface area (Å²) < 4.78 is 9.63. The second-order valence-corrected chi connectivity index (χ2v) is 9.28. The molecule has 0 bridgehead atoms. The van der Waals surface area contributed by atoms with Crippen molar-refractivity contribution in [2.75, 3.05) is 5.32 Å². The van der Waals surface area contributed by atoms with Gasteiger partial charge >= 0.3 is 0 Å². The second kappa shape index (κ2) is 9.70. The van der Waals surface area contributed by atoms with Gasteiger partial charge in [0.25, 0.3) is 0 Å². The smallest absolute Gasteiger partial charge is 0.227 e. The van der Waals surface area contributed by atoms with Gasteiger partial charge in [-0.1, -0.05) is 26.8 Å². The first-order valence-corrected chi connectivity index (χ1v) is 10.9. The van der Waals surface area contributed by atoms with Crippen LogP contribution in [0.25, 0.3) is 11.1 Å². The van der Waals surface area contributed by atoms with E-state index in [1.165, 1.54) is 6.33 Å². The standard InChI is InChI=1S/C24H27N9O/c1-17(12-33-16-26-15-30-33)34-22-7-18(5-6-19(22)8-25)20-9-27-23(28-10-20)31-21-11-29-32(13-21)14-24(2,3)4/h5-7,9-11,13,15-17H,12,14H2,1-4H3,(H,27,28,31)/t17-/m0/s1. The summed E-state index contributed by atoms with van der Waals surface area (Å²) >= 11 is 0. The molecule has 0 saturated heterocycles. The Labute approximate surface area is 198 Å². The maximum absolute atomic E-state index is 9.49. The summed E-state index contributed by atoms with van der Waals surface area (Å²) in [4.78, 5) is 12.8. The minimum absolute atomic E-state index is 0.138. The largest absolute Gasteiger partial charge is 0.487 e. The van der Waals surface area contributed by atoms with Crippen LogP contribution in [-0.2, 0) is 13.1 Å². The van der Waals surface area contributed by atoms with Crippen LogP contribution in [0, 0.1) is 16.7 Å². The van der Waals surface area contributed by atoms with Gasteiger partial charge in [-0.2, -0.15) is 15.5 Å². The van der Waals surface area contributed by atoms with Crippen LogP contribution in [0.4, 0.5) is 11.6 Å². The molecule has 0 amide bonds. The number of nitriles is 1. The highest BCUT2D eigenvalue weighted by atomic mass is 16.5. The lowest BCUT2D eigenvalue weighted by Crippen LogP contribution is -2.20. The number of hydrogen-bond acceptors (Lipinski definition) is 8. The molecule has 4 aromatic rings. The van der Waals surface area contributed by atoms with Gasteiger partial charge in [0, 0.05) is 30.7 Å². The van der Waals surface area contributed by atoms with Crippen molar-refractivity contribution in [2.24, 2.45) is 5.41 Å². The molecule has 4 rings (SSSR count).